The third kappa shape index (κ3) is 2.73. The number of nitrogens with one attached hydrogen (secondary N) is 1. The molecule has 0 radical (unpaired) electrons. The topological polar surface area (TPSA) is 12.0 Å². The largest absolute Gasteiger partial charge is 0.306 e. The van der Waals surface area contributed by atoms with Crippen LogP contribution in [0.15, 0.2) is 0 Å². The van der Waals surface area contributed by atoms with Gasteiger partial charge in [0.05, 0.1) is 5.54 Å². The lowest BCUT2D eigenvalue weighted by molar-refractivity contribution is -0.0438. The fraction of sp³-hybridized carbons (Fsp3) is 1.00. The van der Waals surface area contributed by atoms with E-state index >= 15 is 0 Å². The van der Waals surface area contributed by atoms with Gasteiger partial charge >= 0.3 is 0 Å². The molecule has 1 aliphatic carbocycles. The standard InChI is InChI=1S/C13H25F2N/c1-4-9-16-13(12(14)15)8-6-5-7-11(13)10(2)3/h10-12,16H,4-9H2,1-3H3. The van der Waals surface area contributed by atoms with Crippen molar-refractivity contribution in [3.05, 3.63) is 0 Å². The zero-order valence-corrected chi connectivity index (χ0v) is 10.7. The van der Waals surface area contributed by atoms with Gasteiger partial charge < -0.3 is 5.32 Å². The smallest absolute Gasteiger partial charge is 0.256 e. The molecule has 0 amide bonds. The molecule has 1 N–H and O–H groups in total. The Morgan fingerprint density at radius 2 is 2.00 bits per heavy atom. The van der Waals surface area contributed by atoms with Crippen LogP contribution in [-0.4, -0.2) is 18.5 Å². The van der Waals surface area contributed by atoms with Gasteiger partial charge in [-0.3, -0.25) is 0 Å². The van der Waals surface area contributed by atoms with Crippen LogP contribution in [0.25, 0.3) is 0 Å². The first-order chi connectivity index (χ1) is 7.54. The van der Waals surface area contributed by atoms with Gasteiger partial charge in [0, 0.05) is 0 Å². The summed E-state index contributed by atoms with van der Waals surface area (Å²) in [7, 11) is 0. The van der Waals surface area contributed by atoms with E-state index in [-0.39, 0.29) is 5.92 Å². The molecule has 16 heavy (non-hydrogen) atoms. The Labute approximate surface area is 98.0 Å². The normalized spacial score (nSPS) is 31.3. The maximum absolute atomic E-state index is 13.4. The van der Waals surface area contributed by atoms with Crippen LogP contribution in [0.3, 0.4) is 0 Å². The summed E-state index contributed by atoms with van der Waals surface area (Å²) in [6.45, 7) is 6.87. The first-order valence-corrected chi connectivity index (χ1v) is 6.57. The summed E-state index contributed by atoms with van der Waals surface area (Å²) in [4.78, 5) is 0. The molecular formula is C13H25F2N. The molecule has 0 aromatic rings. The molecule has 1 nitrogen and oxygen atoms in total. The van der Waals surface area contributed by atoms with Gasteiger partial charge in [-0.15, -0.1) is 0 Å². The van der Waals surface area contributed by atoms with Crippen molar-refractivity contribution in [3.63, 3.8) is 0 Å². The highest BCUT2D eigenvalue weighted by molar-refractivity contribution is 5.00. The summed E-state index contributed by atoms with van der Waals surface area (Å²) in [6, 6.07) is 0. The van der Waals surface area contributed by atoms with E-state index in [9.17, 15) is 8.78 Å². The Kier molecular flexibility index (Phi) is 5.16. The Bertz CT molecular complexity index is 206. The fourth-order valence-electron chi connectivity index (χ4n) is 3.08. The van der Waals surface area contributed by atoms with Crippen molar-refractivity contribution in [1.29, 1.82) is 0 Å². The Morgan fingerprint density at radius 3 is 2.50 bits per heavy atom. The molecule has 0 aromatic carbocycles. The molecule has 0 aromatic heterocycles. The predicted octanol–water partition coefficient (Wildman–Crippen LogP) is 3.84. The minimum Gasteiger partial charge on any atom is -0.306 e. The molecular weight excluding hydrogens is 208 g/mol. The average Bonchev–Trinajstić information content (AvgIpc) is 2.26. The van der Waals surface area contributed by atoms with Gasteiger partial charge in [0.15, 0.2) is 0 Å². The first kappa shape index (κ1) is 13.9. The van der Waals surface area contributed by atoms with Crippen LogP contribution < -0.4 is 5.32 Å². The number of hydrogen-bond acceptors (Lipinski definition) is 1. The molecule has 2 unspecified atom stereocenters. The monoisotopic (exact) mass is 233 g/mol. The summed E-state index contributed by atoms with van der Waals surface area (Å²) in [5.41, 5.74) is -0.914. The molecule has 96 valence electrons. The number of alkyl halides is 2. The molecule has 0 bridgehead atoms. The number of rotatable bonds is 5. The second kappa shape index (κ2) is 5.95. The van der Waals surface area contributed by atoms with Crippen LogP contribution in [0.2, 0.25) is 0 Å². The van der Waals surface area contributed by atoms with E-state index in [1.165, 1.54) is 0 Å². The van der Waals surface area contributed by atoms with E-state index in [0.29, 0.717) is 18.9 Å². The highest BCUT2D eigenvalue weighted by atomic mass is 19.3. The zero-order valence-electron chi connectivity index (χ0n) is 10.7. The van der Waals surface area contributed by atoms with Gasteiger partial charge in [-0.05, 0) is 37.6 Å². The van der Waals surface area contributed by atoms with Gasteiger partial charge in [0.25, 0.3) is 6.43 Å². The van der Waals surface area contributed by atoms with Crippen molar-refractivity contribution >= 4 is 0 Å². The molecule has 1 rings (SSSR count). The molecule has 0 heterocycles. The van der Waals surface area contributed by atoms with E-state index < -0.39 is 12.0 Å². The van der Waals surface area contributed by atoms with Crippen molar-refractivity contribution < 1.29 is 8.78 Å². The summed E-state index contributed by atoms with van der Waals surface area (Å²) in [5, 5.41) is 3.17. The van der Waals surface area contributed by atoms with Crippen LogP contribution >= 0.6 is 0 Å². The molecule has 1 aliphatic rings. The van der Waals surface area contributed by atoms with Crippen molar-refractivity contribution in [3.8, 4) is 0 Å². The fourth-order valence-corrected chi connectivity index (χ4v) is 3.08. The van der Waals surface area contributed by atoms with Crippen LogP contribution in [-0.2, 0) is 0 Å². The molecule has 0 spiro atoms. The van der Waals surface area contributed by atoms with Crippen LogP contribution in [0.4, 0.5) is 8.78 Å². The summed E-state index contributed by atoms with van der Waals surface area (Å²) in [6.07, 6.45) is 2.28. The highest BCUT2D eigenvalue weighted by Crippen LogP contribution is 2.42. The van der Waals surface area contributed by atoms with E-state index in [1.807, 2.05) is 6.92 Å². The van der Waals surface area contributed by atoms with Crippen LogP contribution in [0, 0.1) is 11.8 Å². The lowest BCUT2D eigenvalue weighted by Gasteiger charge is -2.46. The minimum atomic E-state index is -2.24. The van der Waals surface area contributed by atoms with Crippen molar-refractivity contribution in [2.24, 2.45) is 11.8 Å². The lowest BCUT2D eigenvalue weighted by atomic mass is 9.68. The molecule has 1 saturated carbocycles. The lowest BCUT2D eigenvalue weighted by Crippen LogP contribution is -2.59. The minimum absolute atomic E-state index is 0.118. The van der Waals surface area contributed by atoms with Gasteiger partial charge in [-0.2, -0.15) is 0 Å². The molecule has 3 heteroatoms. The second-order valence-electron chi connectivity index (χ2n) is 5.36. The van der Waals surface area contributed by atoms with Gasteiger partial charge in [-0.1, -0.05) is 33.6 Å². The third-order valence-corrected chi connectivity index (χ3v) is 3.92. The highest BCUT2D eigenvalue weighted by Gasteiger charge is 2.48. The summed E-state index contributed by atoms with van der Waals surface area (Å²) < 4.78 is 26.9. The Hall–Kier alpha value is -0.180. The van der Waals surface area contributed by atoms with E-state index in [1.54, 1.807) is 0 Å². The summed E-state index contributed by atoms with van der Waals surface area (Å²) >= 11 is 0. The zero-order chi connectivity index (χ0) is 12.2. The van der Waals surface area contributed by atoms with Gasteiger partial charge in [-0.25, -0.2) is 8.78 Å². The maximum atomic E-state index is 13.4. The average molecular weight is 233 g/mol. The van der Waals surface area contributed by atoms with Crippen LogP contribution in [0.5, 0.6) is 0 Å². The van der Waals surface area contributed by atoms with Crippen LogP contribution in [0.1, 0.15) is 52.9 Å². The number of hydrogen-bond donors (Lipinski definition) is 1. The Balaban J connectivity index is 2.84. The third-order valence-electron chi connectivity index (χ3n) is 3.92. The van der Waals surface area contributed by atoms with Gasteiger partial charge in [0.1, 0.15) is 0 Å². The maximum Gasteiger partial charge on any atom is 0.256 e. The van der Waals surface area contributed by atoms with Crippen molar-refractivity contribution in [2.45, 2.75) is 64.8 Å². The Morgan fingerprint density at radius 1 is 1.31 bits per heavy atom. The van der Waals surface area contributed by atoms with Gasteiger partial charge in [0.2, 0.25) is 0 Å². The van der Waals surface area contributed by atoms with Crippen molar-refractivity contribution in [2.75, 3.05) is 6.54 Å². The molecule has 2 atom stereocenters. The predicted molar refractivity (Wildman–Crippen MR) is 63.8 cm³/mol. The van der Waals surface area contributed by atoms with E-state index in [2.05, 4.69) is 19.2 Å². The van der Waals surface area contributed by atoms with E-state index in [4.69, 9.17) is 0 Å². The SMILES string of the molecule is CCCNC1(C(F)F)CCCCC1C(C)C. The number of halogens is 2. The van der Waals surface area contributed by atoms with E-state index in [0.717, 1.165) is 25.7 Å². The molecule has 1 fully saturated rings. The second-order valence-corrected chi connectivity index (χ2v) is 5.36. The quantitative estimate of drug-likeness (QED) is 0.761. The summed E-state index contributed by atoms with van der Waals surface area (Å²) in [5.74, 6) is 0.450. The molecule has 0 aliphatic heterocycles. The molecule has 0 saturated heterocycles. The first-order valence-electron chi connectivity index (χ1n) is 6.57. The van der Waals surface area contributed by atoms with Crippen molar-refractivity contribution in [1.82, 2.24) is 5.32 Å².